The lowest BCUT2D eigenvalue weighted by Crippen LogP contribution is -2.19. The molecule has 148 valence electrons. The van der Waals surface area contributed by atoms with Crippen molar-refractivity contribution in [1.82, 2.24) is 30.1 Å². The highest BCUT2D eigenvalue weighted by Gasteiger charge is 2.38. The van der Waals surface area contributed by atoms with Crippen LogP contribution in [0.3, 0.4) is 0 Å². The SMILES string of the molecule is Fc1cnc(N(Cc2ccc(-c3noc(C(F)(F)F)n3)s2)c2cnccn2)nc1. The molecule has 4 heterocycles. The van der Waals surface area contributed by atoms with Crippen molar-refractivity contribution < 1.29 is 22.1 Å². The normalized spacial score (nSPS) is 11.6. The lowest BCUT2D eigenvalue weighted by atomic mass is 10.4. The van der Waals surface area contributed by atoms with Crippen molar-refractivity contribution in [1.29, 1.82) is 0 Å². The third-order valence-corrected chi connectivity index (χ3v) is 4.60. The van der Waals surface area contributed by atoms with Crippen LogP contribution in [0.2, 0.25) is 0 Å². The zero-order valence-corrected chi connectivity index (χ0v) is 15.0. The van der Waals surface area contributed by atoms with Crippen LogP contribution in [0.25, 0.3) is 10.7 Å². The number of rotatable bonds is 5. The van der Waals surface area contributed by atoms with Gasteiger partial charge in [0.2, 0.25) is 11.8 Å². The Kier molecular flexibility index (Phi) is 4.88. The average molecular weight is 423 g/mol. The third kappa shape index (κ3) is 4.18. The number of halogens is 4. The highest BCUT2D eigenvalue weighted by atomic mass is 32.1. The summed E-state index contributed by atoms with van der Waals surface area (Å²) in [6, 6.07) is 3.27. The van der Waals surface area contributed by atoms with E-state index < -0.39 is 17.9 Å². The molecule has 0 aromatic carbocycles. The first-order valence-corrected chi connectivity index (χ1v) is 8.73. The Morgan fingerprint density at radius 2 is 1.83 bits per heavy atom. The van der Waals surface area contributed by atoms with Crippen LogP contribution >= 0.6 is 11.3 Å². The molecule has 4 aromatic rings. The fourth-order valence-corrected chi connectivity index (χ4v) is 3.23. The fraction of sp³-hybridized carbons (Fsp3) is 0.125. The molecule has 0 N–H and O–H groups in total. The van der Waals surface area contributed by atoms with Gasteiger partial charge in [0.05, 0.1) is 30.0 Å². The number of anilines is 2. The molecule has 29 heavy (non-hydrogen) atoms. The van der Waals surface area contributed by atoms with Crippen molar-refractivity contribution >= 4 is 23.1 Å². The van der Waals surface area contributed by atoms with Gasteiger partial charge in [0.15, 0.2) is 11.6 Å². The van der Waals surface area contributed by atoms with E-state index in [1.54, 1.807) is 17.0 Å². The van der Waals surface area contributed by atoms with Crippen molar-refractivity contribution in [3.63, 3.8) is 0 Å². The van der Waals surface area contributed by atoms with Gasteiger partial charge in [0, 0.05) is 17.3 Å². The summed E-state index contributed by atoms with van der Waals surface area (Å²) < 4.78 is 55.4. The van der Waals surface area contributed by atoms with Gasteiger partial charge in [-0.15, -0.1) is 11.3 Å². The molecule has 4 aromatic heterocycles. The standard InChI is InChI=1S/C16H9F4N7OS/c17-9-5-23-15(24-6-9)27(12-7-21-3-4-22-12)8-10-1-2-11(29-10)13-25-14(28-26-13)16(18,19)20/h1-7H,8H2. The minimum Gasteiger partial charge on any atom is -0.329 e. The predicted molar refractivity (Wildman–Crippen MR) is 92.5 cm³/mol. The number of aromatic nitrogens is 6. The third-order valence-electron chi connectivity index (χ3n) is 3.54. The van der Waals surface area contributed by atoms with Crippen LogP contribution in [-0.4, -0.2) is 30.1 Å². The molecule has 0 amide bonds. The Bertz CT molecular complexity index is 1100. The Morgan fingerprint density at radius 3 is 2.48 bits per heavy atom. The first-order chi connectivity index (χ1) is 13.9. The Labute approximate surface area is 163 Å². The molecule has 0 unspecified atom stereocenters. The van der Waals surface area contributed by atoms with Gasteiger partial charge in [-0.1, -0.05) is 5.16 Å². The molecule has 8 nitrogen and oxygen atoms in total. The number of hydrogen-bond acceptors (Lipinski definition) is 9. The van der Waals surface area contributed by atoms with E-state index in [0.29, 0.717) is 10.7 Å². The maximum atomic E-state index is 13.2. The summed E-state index contributed by atoms with van der Waals surface area (Å²) in [5, 5.41) is 3.37. The number of nitrogens with zero attached hydrogens (tertiary/aromatic N) is 7. The van der Waals surface area contributed by atoms with Gasteiger partial charge >= 0.3 is 12.1 Å². The van der Waals surface area contributed by atoms with Crippen LogP contribution in [0.1, 0.15) is 10.8 Å². The summed E-state index contributed by atoms with van der Waals surface area (Å²) in [6.07, 6.45) is 1.77. The lowest BCUT2D eigenvalue weighted by Gasteiger charge is -2.20. The average Bonchev–Trinajstić information content (AvgIpc) is 3.37. The van der Waals surface area contributed by atoms with Gasteiger partial charge in [0.25, 0.3) is 0 Å². The van der Waals surface area contributed by atoms with Gasteiger partial charge in [0.1, 0.15) is 0 Å². The van der Waals surface area contributed by atoms with E-state index in [9.17, 15) is 17.6 Å². The van der Waals surface area contributed by atoms with E-state index in [4.69, 9.17) is 0 Å². The summed E-state index contributed by atoms with van der Waals surface area (Å²) in [5.74, 6) is -1.58. The van der Waals surface area contributed by atoms with Crippen molar-refractivity contribution in [2.75, 3.05) is 4.90 Å². The van der Waals surface area contributed by atoms with Crippen LogP contribution in [0.4, 0.5) is 29.3 Å². The van der Waals surface area contributed by atoms with E-state index in [1.165, 1.54) is 18.6 Å². The number of alkyl halides is 3. The molecule has 0 bridgehead atoms. The zero-order valence-electron chi connectivity index (χ0n) is 14.2. The van der Waals surface area contributed by atoms with E-state index in [1.807, 2.05) is 0 Å². The van der Waals surface area contributed by atoms with E-state index >= 15 is 0 Å². The van der Waals surface area contributed by atoms with Crippen molar-refractivity contribution in [3.8, 4) is 10.7 Å². The molecule has 0 aliphatic carbocycles. The molecule has 4 rings (SSSR count). The van der Waals surface area contributed by atoms with Gasteiger partial charge in [-0.05, 0) is 12.1 Å². The van der Waals surface area contributed by atoms with E-state index in [2.05, 4.69) is 34.6 Å². The van der Waals surface area contributed by atoms with Crippen molar-refractivity contribution in [2.24, 2.45) is 0 Å². The molecule has 13 heteroatoms. The molecule has 0 atom stereocenters. The summed E-state index contributed by atoms with van der Waals surface area (Å²) in [7, 11) is 0. The molecule has 0 fully saturated rings. The van der Waals surface area contributed by atoms with Crippen molar-refractivity contribution in [2.45, 2.75) is 12.7 Å². The molecule has 0 saturated carbocycles. The second-order valence-electron chi connectivity index (χ2n) is 5.54. The quantitative estimate of drug-likeness (QED) is 0.447. The monoisotopic (exact) mass is 423 g/mol. The van der Waals surface area contributed by atoms with Crippen LogP contribution < -0.4 is 4.90 Å². The summed E-state index contributed by atoms with van der Waals surface area (Å²) in [5.41, 5.74) is 0. The van der Waals surface area contributed by atoms with Crippen molar-refractivity contribution in [3.05, 3.63) is 59.7 Å². The minimum absolute atomic E-state index is 0.169. The Morgan fingerprint density at radius 1 is 1.03 bits per heavy atom. The topological polar surface area (TPSA) is 93.7 Å². The summed E-state index contributed by atoms with van der Waals surface area (Å²) in [4.78, 5) is 22.2. The smallest absolute Gasteiger partial charge is 0.329 e. The lowest BCUT2D eigenvalue weighted by molar-refractivity contribution is -0.159. The van der Waals surface area contributed by atoms with Crippen LogP contribution in [-0.2, 0) is 12.7 Å². The largest absolute Gasteiger partial charge is 0.471 e. The van der Waals surface area contributed by atoms with E-state index in [0.717, 1.165) is 28.6 Å². The van der Waals surface area contributed by atoms with Gasteiger partial charge < -0.3 is 4.52 Å². The molecule has 0 aliphatic heterocycles. The fourth-order valence-electron chi connectivity index (χ4n) is 2.31. The molecule has 0 radical (unpaired) electrons. The summed E-state index contributed by atoms with van der Waals surface area (Å²) in [6.45, 7) is 0.207. The molecular weight excluding hydrogens is 414 g/mol. The van der Waals surface area contributed by atoms with E-state index in [-0.39, 0.29) is 18.3 Å². The predicted octanol–water partition coefficient (Wildman–Crippen LogP) is 3.87. The maximum Gasteiger partial charge on any atom is 0.471 e. The van der Waals surface area contributed by atoms with Crippen LogP contribution in [0.15, 0.2) is 47.6 Å². The highest BCUT2D eigenvalue weighted by molar-refractivity contribution is 7.15. The number of hydrogen-bond donors (Lipinski definition) is 0. The maximum absolute atomic E-state index is 13.2. The van der Waals surface area contributed by atoms with Gasteiger partial charge in [-0.25, -0.2) is 19.3 Å². The molecule has 0 aliphatic rings. The first-order valence-electron chi connectivity index (χ1n) is 7.91. The highest BCUT2D eigenvalue weighted by Crippen LogP contribution is 2.33. The van der Waals surface area contributed by atoms with Crippen LogP contribution in [0, 0.1) is 5.82 Å². The molecule has 0 spiro atoms. The number of thiophene rings is 1. The van der Waals surface area contributed by atoms with Crippen LogP contribution in [0.5, 0.6) is 0 Å². The van der Waals surface area contributed by atoms with Gasteiger partial charge in [-0.2, -0.15) is 18.2 Å². The minimum atomic E-state index is -4.71. The Balaban J connectivity index is 1.62. The molecule has 0 saturated heterocycles. The first kappa shape index (κ1) is 18.9. The molecular formula is C16H9F4N7OS. The second kappa shape index (κ2) is 7.50. The summed E-state index contributed by atoms with van der Waals surface area (Å²) >= 11 is 1.16. The zero-order chi connectivity index (χ0) is 20.4. The van der Waals surface area contributed by atoms with Gasteiger partial charge in [-0.3, -0.25) is 9.88 Å². The Hall–Kier alpha value is -3.48. The second-order valence-corrected chi connectivity index (χ2v) is 6.71.